The molecule has 0 saturated carbocycles. The second kappa shape index (κ2) is 9.38. The van der Waals surface area contributed by atoms with Gasteiger partial charge >= 0.3 is 0 Å². The van der Waals surface area contributed by atoms with Gasteiger partial charge < -0.3 is 9.84 Å². The molecule has 0 unspecified atom stereocenters. The van der Waals surface area contributed by atoms with Crippen LogP contribution in [-0.2, 0) is 6.61 Å². The van der Waals surface area contributed by atoms with Gasteiger partial charge in [0.25, 0.3) is 5.56 Å². The Balaban J connectivity index is 1.25. The molecule has 6 aromatic rings. The summed E-state index contributed by atoms with van der Waals surface area (Å²) in [6, 6.07) is 14.5. The van der Waals surface area contributed by atoms with Crippen molar-refractivity contribution in [3.8, 4) is 11.5 Å². The Hall–Kier alpha value is -5.58. The summed E-state index contributed by atoms with van der Waals surface area (Å²) in [4.78, 5) is 46.8. The van der Waals surface area contributed by atoms with Crippen molar-refractivity contribution in [1.82, 2.24) is 30.4 Å². The van der Waals surface area contributed by atoms with Gasteiger partial charge in [0.1, 0.15) is 18.1 Å². The molecule has 0 atom stereocenters. The number of aromatic amines is 3. The van der Waals surface area contributed by atoms with E-state index in [9.17, 15) is 19.5 Å². The summed E-state index contributed by atoms with van der Waals surface area (Å²) < 4.78 is 5.99. The minimum atomic E-state index is -0.502. The lowest BCUT2D eigenvalue weighted by Gasteiger charge is -2.12. The smallest absolute Gasteiger partial charge is 0.273 e. The predicted molar refractivity (Wildman–Crippen MR) is 141 cm³/mol. The molecule has 2 aromatic carbocycles. The van der Waals surface area contributed by atoms with E-state index in [-0.39, 0.29) is 34.7 Å². The number of nitrogens with one attached hydrogen (secondary N) is 3. The van der Waals surface area contributed by atoms with Gasteiger partial charge in [-0.1, -0.05) is 18.2 Å². The number of hydrogen-bond acceptors (Lipinski definition) is 8. The number of rotatable bonds is 7. The van der Waals surface area contributed by atoms with Crippen LogP contribution in [0.4, 0.5) is 0 Å². The maximum atomic E-state index is 13.3. The number of ether oxygens (including phenoxy) is 1. The number of ketones is 2. The average molecular weight is 521 g/mol. The van der Waals surface area contributed by atoms with Crippen LogP contribution in [-0.4, -0.2) is 47.0 Å². The maximum absolute atomic E-state index is 13.3. The molecule has 39 heavy (non-hydrogen) atoms. The number of para-hydroxylation sites is 1. The maximum Gasteiger partial charge on any atom is 0.273 e. The van der Waals surface area contributed by atoms with Gasteiger partial charge in [-0.05, 0) is 48.9 Å². The number of phenols is 1. The lowest BCUT2D eigenvalue weighted by atomic mass is 10.0. The largest absolute Gasteiger partial charge is 0.507 e. The van der Waals surface area contributed by atoms with Crippen LogP contribution in [0.3, 0.4) is 0 Å². The van der Waals surface area contributed by atoms with E-state index in [0.29, 0.717) is 33.7 Å². The van der Waals surface area contributed by atoms with E-state index >= 15 is 0 Å². The number of aromatic hydroxyl groups is 1. The summed E-state index contributed by atoms with van der Waals surface area (Å²) >= 11 is 0. The van der Waals surface area contributed by atoms with E-state index in [1.165, 1.54) is 30.6 Å². The number of benzene rings is 2. The van der Waals surface area contributed by atoms with Crippen LogP contribution < -0.4 is 10.3 Å². The summed E-state index contributed by atoms with van der Waals surface area (Å²) in [7, 11) is 0. The number of aryl methyl sites for hydroxylation is 1. The Morgan fingerprint density at radius 3 is 2.49 bits per heavy atom. The second-order valence-electron chi connectivity index (χ2n) is 8.94. The van der Waals surface area contributed by atoms with E-state index in [0.717, 1.165) is 11.1 Å². The van der Waals surface area contributed by atoms with Crippen LogP contribution in [0.15, 0.2) is 71.8 Å². The van der Waals surface area contributed by atoms with Crippen molar-refractivity contribution in [3.63, 3.8) is 0 Å². The molecular weight excluding hydrogens is 500 g/mol. The highest BCUT2D eigenvalue weighted by Gasteiger charge is 2.19. The number of carbonyl (C=O) groups is 2. The lowest BCUT2D eigenvalue weighted by Crippen LogP contribution is -2.08. The molecule has 4 N–H and O–H groups in total. The minimum Gasteiger partial charge on any atom is -0.507 e. The zero-order valence-corrected chi connectivity index (χ0v) is 20.5. The number of aromatic nitrogens is 6. The number of pyridine rings is 2. The van der Waals surface area contributed by atoms with Gasteiger partial charge in [-0.2, -0.15) is 5.10 Å². The van der Waals surface area contributed by atoms with Gasteiger partial charge in [-0.25, -0.2) is 9.97 Å². The summed E-state index contributed by atoms with van der Waals surface area (Å²) in [6.45, 7) is 1.88. The van der Waals surface area contributed by atoms with E-state index in [4.69, 9.17) is 4.74 Å². The van der Waals surface area contributed by atoms with Gasteiger partial charge in [-0.3, -0.25) is 29.7 Å². The molecule has 0 aliphatic rings. The van der Waals surface area contributed by atoms with Crippen LogP contribution in [0, 0.1) is 6.92 Å². The Morgan fingerprint density at radius 2 is 1.64 bits per heavy atom. The third kappa shape index (κ3) is 4.31. The zero-order valence-electron chi connectivity index (χ0n) is 20.5. The first-order valence-corrected chi connectivity index (χ1v) is 11.9. The average Bonchev–Trinajstić information content (AvgIpc) is 3.53. The fraction of sp³-hybridized carbons (Fsp3) is 0.0714. The van der Waals surface area contributed by atoms with E-state index in [2.05, 4.69) is 30.4 Å². The number of fused-ring (bicyclic) bond motifs is 2. The number of hydrogen-bond donors (Lipinski definition) is 4. The molecule has 0 spiro atoms. The van der Waals surface area contributed by atoms with Crippen LogP contribution in [0.1, 0.15) is 43.1 Å². The molecule has 0 fully saturated rings. The Bertz CT molecular complexity index is 1970. The number of nitrogens with zero attached hydrogens (tertiary/aromatic N) is 3. The molecule has 0 radical (unpaired) electrons. The Labute approximate surface area is 219 Å². The van der Waals surface area contributed by atoms with Crippen molar-refractivity contribution in [1.29, 1.82) is 0 Å². The number of carbonyl (C=O) groups excluding carboxylic acids is 2. The van der Waals surface area contributed by atoms with Crippen LogP contribution in [0.2, 0.25) is 0 Å². The van der Waals surface area contributed by atoms with Crippen molar-refractivity contribution in [2.45, 2.75) is 13.5 Å². The van der Waals surface area contributed by atoms with Crippen molar-refractivity contribution in [3.05, 3.63) is 111 Å². The first kappa shape index (κ1) is 23.8. The Kier molecular flexibility index (Phi) is 5.72. The highest BCUT2D eigenvalue weighted by Crippen LogP contribution is 2.26. The second-order valence-corrected chi connectivity index (χ2v) is 8.94. The van der Waals surface area contributed by atoms with Crippen molar-refractivity contribution >= 4 is 33.6 Å². The molecule has 0 aliphatic carbocycles. The van der Waals surface area contributed by atoms with E-state index in [1.54, 1.807) is 36.4 Å². The van der Waals surface area contributed by atoms with Gasteiger partial charge in [0.15, 0.2) is 22.9 Å². The van der Waals surface area contributed by atoms with Gasteiger partial charge in [0, 0.05) is 34.6 Å². The molecule has 11 nitrogen and oxygen atoms in total. The van der Waals surface area contributed by atoms with E-state index in [1.807, 2.05) is 6.92 Å². The fourth-order valence-corrected chi connectivity index (χ4v) is 4.30. The first-order valence-electron chi connectivity index (χ1n) is 11.9. The SMILES string of the molecule is Cc1[nH]nc2ncc(C(=O)c3ccccc3OCc3ccc(O)c(C(=O)c4cnc5[nH][nH]c(=O)c5c4)c3)cc12. The minimum absolute atomic E-state index is 0.0255. The molecule has 4 aromatic heterocycles. The molecular formula is C28H20N6O5. The van der Waals surface area contributed by atoms with Gasteiger partial charge in [0.2, 0.25) is 0 Å². The summed E-state index contributed by atoms with van der Waals surface area (Å²) in [6.07, 6.45) is 2.81. The molecule has 0 bridgehead atoms. The summed E-state index contributed by atoms with van der Waals surface area (Å²) in [5, 5.41) is 23.4. The van der Waals surface area contributed by atoms with Crippen molar-refractivity contribution in [2.75, 3.05) is 0 Å². The third-order valence-corrected chi connectivity index (χ3v) is 6.38. The normalized spacial score (nSPS) is 11.2. The van der Waals surface area contributed by atoms with Gasteiger partial charge in [-0.15, -0.1) is 0 Å². The molecule has 0 amide bonds. The van der Waals surface area contributed by atoms with Gasteiger partial charge in [0.05, 0.1) is 16.5 Å². The molecule has 11 heteroatoms. The zero-order chi connectivity index (χ0) is 27.1. The standard InChI is InChI=1S/C28H20N6O5/c1-14-19-9-16(11-29-26(19)32-31-14)24(36)18-4-2-3-5-23(18)39-13-15-6-7-22(35)20(8-15)25(37)17-10-21-27(30-12-17)33-34-28(21)38/h2-12,35H,13H2,1H3,(H,29,31,32)(H2,30,33,34,38). The van der Waals surface area contributed by atoms with Crippen LogP contribution in [0.25, 0.3) is 22.1 Å². The van der Waals surface area contributed by atoms with Crippen molar-refractivity contribution in [2.24, 2.45) is 0 Å². The Morgan fingerprint density at radius 1 is 0.897 bits per heavy atom. The molecule has 6 rings (SSSR count). The number of H-pyrrole nitrogens is 3. The molecule has 0 saturated heterocycles. The quantitative estimate of drug-likeness (QED) is 0.232. The summed E-state index contributed by atoms with van der Waals surface area (Å²) in [5.74, 6) is -0.629. The monoisotopic (exact) mass is 520 g/mol. The fourth-order valence-electron chi connectivity index (χ4n) is 4.30. The van der Waals surface area contributed by atoms with Crippen molar-refractivity contribution < 1.29 is 19.4 Å². The third-order valence-electron chi connectivity index (χ3n) is 6.38. The molecule has 192 valence electrons. The molecule has 0 aliphatic heterocycles. The molecule has 4 heterocycles. The van der Waals surface area contributed by atoms with E-state index < -0.39 is 11.3 Å². The number of phenolic OH excluding ortho intramolecular Hbond substituents is 1. The highest BCUT2D eigenvalue weighted by molar-refractivity contribution is 6.12. The summed E-state index contributed by atoms with van der Waals surface area (Å²) in [5.41, 5.74) is 2.78. The predicted octanol–water partition coefficient (Wildman–Crippen LogP) is 3.58. The highest BCUT2D eigenvalue weighted by atomic mass is 16.5. The topological polar surface area (TPSA) is 167 Å². The van der Waals surface area contributed by atoms with Crippen LogP contribution in [0.5, 0.6) is 11.5 Å². The first-order chi connectivity index (χ1) is 18.9. The van der Waals surface area contributed by atoms with Crippen LogP contribution >= 0.6 is 0 Å². The lowest BCUT2D eigenvalue weighted by molar-refractivity contribution is 0.102.